The lowest BCUT2D eigenvalue weighted by molar-refractivity contribution is 0.183. The first-order chi connectivity index (χ1) is 8.33. The molecule has 1 aromatic heterocycles. The lowest BCUT2D eigenvalue weighted by Crippen LogP contribution is -2.36. The zero-order valence-corrected chi connectivity index (χ0v) is 10.8. The summed E-state index contributed by atoms with van der Waals surface area (Å²) in [6.45, 7) is 8.30. The van der Waals surface area contributed by atoms with Crippen LogP contribution in [-0.2, 0) is 13.0 Å². The molecule has 1 atom stereocenters. The van der Waals surface area contributed by atoms with Gasteiger partial charge in [0.05, 0.1) is 6.54 Å². The third kappa shape index (κ3) is 3.26. The molecule has 0 bridgehead atoms. The van der Waals surface area contributed by atoms with E-state index >= 15 is 0 Å². The highest BCUT2D eigenvalue weighted by Gasteiger charge is 2.22. The third-order valence-electron chi connectivity index (χ3n) is 3.28. The van der Waals surface area contributed by atoms with Gasteiger partial charge in [0.1, 0.15) is 0 Å². The van der Waals surface area contributed by atoms with Crippen LogP contribution in [0, 0.1) is 0 Å². The first-order valence-electron chi connectivity index (χ1n) is 6.59. The molecule has 1 aliphatic heterocycles. The molecule has 5 nitrogen and oxygen atoms in total. The van der Waals surface area contributed by atoms with Gasteiger partial charge in [0.2, 0.25) is 5.89 Å². The van der Waals surface area contributed by atoms with Crippen molar-refractivity contribution in [2.24, 2.45) is 0 Å². The standard InChI is InChI=1S/C12H22N4O/c1-3-5-11-14-12(17-15-11)9-16(4-2)10-6-7-13-8-10/h10,13H,3-9H2,1-2H3. The van der Waals surface area contributed by atoms with Crippen LogP contribution < -0.4 is 5.32 Å². The average molecular weight is 238 g/mol. The summed E-state index contributed by atoms with van der Waals surface area (Å²) in [4.78, 5) is 6.83. The second-order valence-corrected chi connectivity index (χ2v) is 4.56. The Morgan fingerprint density at radius 1 is 1.47 bits per heavy atom. The normalized spacial score (nSPS) is 20.3. The maximum absolute atomic E-state index is 5.29. The number of aromatic nitrogens is 2. The molecule has 0 spiro atoms. The molecule has 17 heavy (non-hydrogen) atoms. The zero-order valence-electron chi connectivity index (χ0n) is 10.8. The summed E-state index contributed by atoms with van der Waals surface area (Å²) < 4.78 is 5.29. The van der Waals surface area contributed by atoms with Crippen LogP contribution >= 0.6 is 0 Å². The molecule has 1 fully saturated rings. The van der Waals surface area contributed by atoms with Crippen LogP contribution in [-0.4, -0.2) is 40.7 Å². The molecule has 0 amide bonds. The molecule has 1 aromatic rings. The summed E-state index contributed by atoms with van der Waals surface area (Å²) in [5.41, 5.74) is 0. The van der Waals surface area contributed by atoms with Crippen LogP contribution in [0.15, 0.2) is 4.52 Å². The van der Waals surface area contributed by atoms with Gasteiger partial charge in [0.25, 0.3) is 0 Å². The number of hydrogen-bond donors (Lipinski definition) is 1. The Bertz CT molecular complexity index is 333. The van der Waals surface area contributed by atoms with Gasteiger partial charge in [0, 0.05) is 19.0 Å². The molecule has 0 aliphatic carbocycles. The predicted octanol–water partition coefficient (Wildman–Crippen LogP) is 1.21. The van der Waals surface area contributed by atoms with Crippen molar-refractivity contribution in [3.05, 3.63) is 11.7 Å². The zero-order chi connectivity index (χ0) is 12.1. The molecule has 1 aliphatic rings. The number of aryl methyl sites for hydroxylation is 1. The van der Waals surface area contributed by atoms with Crippen LogP contribution in [0.25, 0.3) is 0 Å². The van der Waals surface area contributed by atoms with Gasteiger partial charge in [-0.1, -0.05) is 19.0 Å². The Balaban J connectivity index is 1.92. The first-order valence-corrected chi connectivity index (χ1v) is 6.59. The summed E-state index contributed by atoms with van der Waals surface area (Å²) in [5, 5.41) is 7.38. The van der Waals surface area contributed by atoms with E-state index < -0.39 is 0 Å². The summed E-state index contributed by atoms with van der Waals surface area (Å²) in [6, 6.07) is 0.613. The minimum Gasteiger partial charge on any atom is -0.338 e. The molecular formula is C12H22N4O. The molecule has 1 saturated heterocycles. The maximum atomic E-state index is 5.29. The van der Waals surface area contributed by atoms with Crippen molar-refractivity contribution in [2.45, 2.75) is 45.7 Å². The van der Waals surface area contributed by atoms with E-state index in [2.05, 4.69) is 34.2 Å². The summed E-state index contributed by atoms with van der Waals surface area (Å²) in [6.07, 6.45) is 3.17. The summed E-state index contributed by atoms with van der Waals surface area (Å²) in [5.74, 6) is 1.59. The molecule has 2 rings (SSSR count). The van der Waals surface area contributed by atoms with Crippen LogP contribution in [0.2, 0.25) is 0 Å². The number of rotatable bonds is 6. The van der Waals surface area contributed by atoms with E-state index in [0.29, 0.717) is 6.04 Å². The highest BCUT2D eigenvalue weighted by molar-refractivity contribution is 4.89. The average Bonchev–Trinajstić information content (AvgIpc) is 2.97. The lowest BCUT2D eigenvalue weighted by atomic mass is 10.2. The maximum Gasteiger partial charge on any atom is 0.240 e. The van der Waals surface area contributed by atoms with Crippen molar-refractivity contribution in [3.8, 4) is 0 Å². The molecule has 0 radical (unpaired) electrons. The predicted molar refractivity (Wildman–Crippen MR) is 65.7 cm³/mol. The van der Waals surface area contributed by atoms with E-state index in [9.17, 15) is 0 Å². The molecule has 2 heterocycles. The van der Waals surface area contributed by atoms with Crippen molar-refractivity contribution in [3.63, 3.8) is 0 Å². The SMILES string of the molecule is CCCc1noc(CN(CC)C2CCNC2)n1. The van der Waals surface area contributed by atoms with Crippen molar-refractivity contribution in [1.82, 2.24) is 20.4 Å². The number of nitrogens with zero attached hydrogens (tertiary/aromatic N) is 3. The molecule has 1 unspecified atom stereocenters. The van der Waals surface area contributed by atoms with Crippen LogP contribution in [0.1, 0.15) is 38.4 Å². The molecule has 1 N–H and O–H groups in total. The highest BCUT2D eigenvalue weighted by atomic mass is 16.5. The van der Waals surface area contributed by atoms with Gasteiger partial charge in [-0.25, -0.2) is 0 Å². The topological polar surface area (TPSA) is 54.2 Å². The van der Waals surface area contributed by atoms with Crippen molar-refractivity contribution in [1.29, 1.82) is 0 Å². The first kappa shape index (κ1) is 12.5. The van der Waals surface area contributed by atoms with E-state index in [1.165, 1.54) is 6.42 Å². The van der Waals surface area contributed by atoms with E-state index in [1.54, 1.807) is 0 Å². The van der Waals surface area contributed by atoms with Crippen molar-refractivity contribution < 1.29 is 4.52 Å². The monoisotopic (exact) mass is 238 g/mol. The molecule has 5 heteroatoms. The van der Waals surface area contributed by atoms with E-state index in [0.717, 1.165) is 50.7 Å². The lowest BCUT2D eigenvalue weighted by Gasteiger charge is -2.24. The van der Waals surface area contributed by atoms with E-state index in [4.69, 9.17) is 4.52 Å². The Morgan fingerprint density at radius 3 is 3.00 bits per heavy atom. The van der Waals surface area contributed by atoms with Gasteiger partial charge >= 0.3 is 0 Å². The summed E-state index contributed by atoms with van der Waals surface area (Å²) >= 11 is 0. The number of nitrogens with one attached hydrogen (secondary N) is 1. The molecule has 0 aromatic carbocycles. The molecule has 0 saturated carbocycles. The third-order valence-corrected chi connectivity index (χ3v) is 3.28. The smallest absolute Gasteiger partial charge is 0.240 e. The Morgan fingerprint density at radius 2 is 2.35 bits per heavy atom. The van der Waals surface area contributed by atoms with Gasteiger partial charge in [-0.3, -0.25) is 4.90 Å². The second-order valence-electron chi connectivity index (χ2n) is 4.56. The fourth-order valence-corrected chi connectivity index (χ4v) is 2.30. The van der Waals surface area contributed by atoms with Crippen molar-refractivity contribution in [2.75, 3.05) is 19.6 Å². The fraction of sp³-hybridized carbons (Fsp3) is 0.833. The van der Waals surface area contributed by atoms with E-state index in [-0.39, 0.29) is 0 Å². The summed E-state index contributed by atoms with van der Waals surface area (Å²) in [7, 11) is 0. The Labute approximate surface area is 103 Å². The fourth-order valence-electron chi connectivity index (χ4n) is 2.30. The van der Waals surface area contributed by atoms with Gasteiger partial charge in [0.15, 0.2) is 5.82 Å². The van der Waals surface area contributed by atoms with Gasteiger partial charge in [-0.15, -0.1) is 0 Å². The van der Waals surface area contributed by atoms with E-state index in [1.807, 2.05) is 0 Å². The minimum atomic E-state index is 0.613. The van der Waals surface area contributed by atoms with Gasteiger partial charge < -0.3 is 9.84 Å². The Kier molecular flexibility index (Phi) is 4.50. The number of hydrogen-bond acceptors (Lipinski definition) is 5. The van der Waals surface area contributed by atoms with Crippen LogP contribution in [0.5, 0.6) is 0 Å². The van der Waals surface area contributed by atoms with Crippen molar-refractivity contribution >= 4 is 0 Å². The Hall–Kier alpha value is -0.940. The van der Waals surface area contributed by atoms with Gasteiger partial charge in [-0.05, 0) is 25.9 Å². The van der Waals surface area contributed by atoms with Crippen LogP contribution in [0.4, 0.5) is 0 Å². The minimum absolute atomic E-state index is 0.613. The highest BCUT2D eigenvalue weighted by Crippen LogP contribution is 2.12. The van der Waals surface area contributed by atoms with Crippen LogP contribution in [0.3, 0.4) is 0 Å². The largest absolute Gasteiger partial charge is 0.338 e. The van der Waals surface area contributed by atoms with Gasteiger partial charge in [-0.2, -0.15) is 4.98 Å². The second kappa shape index (κ2) is 6.12. The quantitative estimate of drug-likeness (QED) is 0.807. The molecular weight excluding hydrogens is 216 g/mol. The molecule has 96 valence electrons. The number of likely N-dealkylation sites (N-methyl/N-ethyl adjacent to an activating group) is 1.